The molecule has 1 aromatic heterocycles. The highest BCUT2D eigenvalue weighted by molar-refractivity contribution is 5.43. The van der Waals surface area contributed by atoms with Gasteiger partial charge in [0.2, 0.25) is 0 Å². The summed E-state index contributed by atoms with van der Waals surface area (Å²) in [6, 6.07) is 12.1. The summed E-state index contributed by atoms with van der Waals surface area (Å²) in [5.74, 6) is 1.42. The van der Waals surface area contributed by atoms with Gasteiger partial charge in [-0.1, -0.05) is 6.07 Å². The molecule has 9 heteroatoms. The fraction of sp³-hybridized carbons (Fsp3) is 0.423. The Morgan fingerprint density at radius 2 is 2.03 bits per heavy atom. The van der Waals surface area contributed by atoms with Gasteiger partial charge >= 0.3 is 0 Å². The minimum atomic E-state index is -1.44. The molecule has 188 valence electrons. The standard InChI is InChI=1S/C26H32FN3O5/c1-19-14-21(5-6-22(19)27)35-18-26(32)17-29(11-8-25(26)31)16-20-4-7-23(24(15-20)33-2)34-13-12-30-10-3-9-28-30/h3-7,9-10,14-15,25,31-32H,8,11-13,16-18H2,1-2H3/t25-,26-/m0/s1. The number of piperidine rings is 1. The van der Waals surface area contributed by atoms with Gasteiger partial charge in [0.25, 0.3) is 0 Å². The average molecular weight is 486 g/mol. The number of aliphatic hydroxyl groups excluding tert-OH is 1. The fourth-order valence-corrected chi connectivity index (χ4v) is 4.21. The van der Waals surface area contributed by atoms with Gasteiger partial charge < -0.3 is 24.4 Å². The number of aliphatic hydroxyl groups is 2. The van der Waals surface area contributed by atoms with Crippen molar-refractivity contribution in [1.82, 2.24) is 14.7 Å². The molecule has 0 aliphatic carbocycles. The molecule has 1 saturated heterocycles. The van der Waals surface area contributed by atoms with Crippen LogP contribution in [0.2, 0.25) is 0 Å². The van der Waals surface area contributed by atoms with Crippen LogP contribution in [0.3, 0.4) is 0 Å². The molecule has 0 amide bonds. The van der Waals surface area contributed by atoms with Crippen molar-refractivity contribution in [2.45, 2.75) is 38.1 Å². The third-order valence-corrected chi connectivity index (χ3v) is 6.23. The van der Waals surface area contributed by atoms with E-state index < -0.39 is 11.7 Å². The second kappa shape index (κ2) is 11.1. The summed E-state index contributed by atoms with van der Waals surface area (Å²) in [5, 5.41) is 25.8. The zero-order valence-corrected chi connectivity index (χ0v) is 20.1. The van der Waals surface area contributed by atoms with Gasteiger partial charge in [-0.05, 0) is 60.9 Å². The molecular weight excluding hydrogens is 453 g/mol. The maximum atomic E-state index is 13.5. The molecule has 0 saturated carbocycles. The van der Waals surface area contributed by atoms with Crippen LogP contribution in [-0.4, -0.2) is 70.0 Å². The predicted molar refractivity (Wildman–Crippen MR) is 128 cm³/mol. The Kier molecular flexibility index (Phi) is 7.90. The lowest BCUT2D eigenvalue weighted by Gasteiger charge is -2.42. The first-order valence-electron chi connectivity index (χ1n) is 11.7. The number of benzene rings is 2. The summed E-state index contributed by atoms with van der Waals surface area (Å²) < 4.78 is 32.4. The Balaban J connectivity index is 1.35. The van der Waals surface area contributed by atoms with E-state index in [0.717, 1.165) is 5.56 Å². The van der Waals surface area contributed by atoms with Crippen molar-refractivity contribution in [3.8, 4) is 17.2 Å². The molecule has 2 aromatic carbocycles. The molecule has 2 heterocycles. The van der Waals surface area contributed by atoms with Crippen LogP contribution in [0, 0.1) is 12.7 Å². The third-order valence-electron chi connectivity index (χ3n) is 6.23. The Hall–Kier alpha value is -3.14. The monoisotopic (exact) mass is 485 g/mol. The van der Waals surface area contributed by atoms with Crippen molar-refractivity contribution < 1.29 is 28.8 Å². The Bertz CT molecular complexity index is 1110. The zero-order chi connectivity index (χ0) is 24.8. The smallest absolute Gasteiger partial charge is 0.161 e. The van der Waals surface area contributed by atoms with Gasteiger partial charge in [0.05, 0.1) is 19.8 Å². The van der Waals surface area contributed by atoms with Gasteiger partial charge in [-0.15, -0.1) is 0 Å². The van der Waals surface area contributed by atoms with Crippen LogP contribution in [0.25, 0.3) is 0 Å². The van der Waals surface area contributed by atoms with Gasteiger partial charge in [-0.3, -0.25) is 9.58 Å². The Morgan fingerprint density at radius 3 is 2.77 bits per heavy atom. The van der Waals surface area contributed by atoms with Crippen LogP contribution in [0.1, 0.15) is 17.5 Å². The Labute approximate surface area is 204 Å². The molecule has 1 aliphatic rings. The minimum absolute atomic E-state index is 0.0951. The summed E-state index contributed by atoms with van der Waals surface area (Å²) in [7, 11) is 1.60. The predicted octanol–water partition coefficient (Wildman–Crippen LogP) is 2.79. The molecule has 0 spiro atoms. The summed E-state index contributed by atoms with van der Waals surface area (Å²) in [4.78, 5) is 2.07. The summed E-state index contributed by atoms with van der Waals surface area (Å²) in [6.07, 6.45) is 3.10. The normalized spacial score (nSPS) is 20.5. The Morgan fingerprint density at radius 1 is 1.17 bits per heavy atom. The van der Waals surface area contributed by atoms with Crippen LogP contribution < -0.4 is 14.2 Å². The number of rotatable bonds is 10. The second-order valence-electron chi connectivity index (χ2n) is 8.92. The molecule has 0 bridgehead atoms. The zero-order valence-electron chi connectivity index (χ0n) is 20.1. The lowest BCUT2D eigenvalue weighted by Crippen LogP contribution is -2.59. The molecule has 4 rings (SSSR count). The number of aromatic nitrogens is 2. The average Bonchev–Trinajstić information content (AvgIpc) is 3.37. The third kappa shape index (κ3) is 6.30. The summed E-state index contributed by atoms with van der Waals surface area (Å²) in [5.41, 5.74) is 0.0124. The van der Waals surface area contributed by atoms with Crippen LogP contribution >= 0.6 is 0 Å². The van der Waals surface area contributed by atoms with E-state index >= 15 is 0 Å². The lowest BCUT2D eigenvalue weighted by atomic mass is 9.90. The number of halogens is 1. The van der Waals surface area contributed by atoms with Gasteiger partial charge in [-0.25, -0.2) is 4.39 Å². The van der Waals surface area contributed by atoms with Crippen molar-refractivity contribution in [2.24, 2.45) is 0 Å². The molecule has 0 unspecified atom stereocenters. The number of likely N-dealkylation sites (tertiary alicyclic amines) is 1. The minimum Gasteiger partial charge on any atom is -0.493 e. The summed E-state index contributed by atoms with van der Waals surface area (Å²) in [6.45, 7) is 4.07. The molecule has 8 nitrogen and oxygen atoms in total. The first kappa shape index (κ1) is 25.0. The molecule has 0 radical (unpaired) electrons. The highest BCUT2D eigenvalue weighted by atomic mass is 19.1. The highest BCUT2D eigenvalue weighted by Gasteiger charge is 2.42. The number of β-amino-alcohol motifs (C(OH)–C–C–N with tert-alkyl or cyclic N) is 1. The molecule has 1 aliphatic heterocycles. The van der Waals surface area contributed by atoms with E-state index in [-0.39, 0.29) is 19.0 Å². The molecule has 1 fully saturated rings. The quantitative estimate of drug-likeness (QED) is 0.457. The topological polar surface area (TPSA) is 89.2 Å². The first-order valence-corrected chi connectivity index (χ1v) is 11.7. The SMILES string of the molecule is COc1cc(CN2CC[C@H](O)[C@@](O)(COc3ccc(F)c(C)c3)C2)ccc1OCCn1cccn1. The number of aryl methyl sites for hydroxylation is 1. The first-order chi connectivity index (χ1) is 16.9. The molecule has 2 N–H and O–H groups in total. The highest BCUT2D eigenvalue weighted by Crippen LogP contribution is 2.30. The largest absolute Gasteiger partial charge is 0.493 e. The maximum Gasteiger partial charge on any atom is 0.161 e. The van der Waals surface area contributed by atoms with E-state index in [4.69, 9.17) is 14.2 Å². The summed E-state index contributed by atoms with van der Waals surface area (Å²) >= 11 is 0. The van der Waals surface area contributed by atoms with Gasteiger partial charge in [0.15, 0.2) is 11.5 Å². The van der Waals surface area contributed by atoms with E-state index in [0.29, 0.717) is 55.5 Å². The van der Waals surface area contributed by atoms with Gasteiger partial charge in [0.1, 0.15) is 30.4 Å². The number of nitrogens with zero attached hydrogens (tertiary/aromatic N) is 3. The molecule has 2 atom stereocenters. The van der Waals surface area contributed by atoms with E-state index in [1.165, 1.54) is 12.1 Å². The number of ether oxygens (including phenoxy) is 3. The van der Waals surface area contributed by atoms with E-state index in [9.17, 15) is 14.6 Å². The molecule has 3 aromatic rings. The van der Waals surface area contributed by atoms with Gasteiger partial charge in [-0.2, -0.15) is 5.10 Å². The van der Waals surface area contributed by atoms with Crippen molar-refractivity contribution in [1.29, 1.82) is 0 Å². The van der Waals surface area contributed by atoms with E-state index in [1.807, 2.05) is 30.5 Å². The van der Waals surface area contributed by atoms with Crippen molar-refractivity contribution in [3.63, 3.8) is 0 Å². The number of methoxy groups -OCH3 is 1. The van der Waals surface area contributed by atoms with Crippen molar-refractivity contribution in [2.75, 3.05) is 33.4 Å². The lowest BCUT2D eigenvalue weighted by molar-refractivity contribution is -0.140. The molecule has 35 heavy (non-hydrogen) atoms. The number of hydrogen-bond donors (Lipinski definition) is 2. The van der Waals surface area contributed by atoms with Crippen LogP contribution in [0.4, 0.5) is 4.39 Å². The van der Waals surface area contributed by atoms with Gasteiger partial charge in [0, 0.05) is 32.0 Å². The molecular formula is C26H32FN3O5. The second-order valence-corrected chi connectivity index (χ2v) is 8.92. The number of hydrogen-bond acceptors (Lipinski definition) is 7. The van der Waals surface area contributed by atoms with Crippen molar-refractivity contribution in [3.05, 3.63) is 71.8 Å². The fourth-order valence-electron chi connectivity index (χ4n) is 4.21. The van der Waals surface area contributed by atoms with Crippen LogP contribution in [0.5, 0.6) is 17.2 Å². The van der Waals surface area contributed by atoms with E-state index in [1.54, 1.807) is 31.0 Å². The maximum absolute atomic E-state index is 13.5. The van der Waals surface area contributed by atoms with Crippen LogP contribution in [-0.2, 0) is 13.1 Å². The van der Waals surface area contributed by atoms with E-state index in [2.05, 4.69) is 10.00 Å². The van der Waals surface area contributed by atoms with Crippen molar-refractivity contribution >= 4 is 0 Å². The van der Waals surface area contributed by atoms with Crippen LogP contribution in [0.15, 0.2) is 54.9 Å².